The van der Waals surface area contributed by atoms with E-state index in [4.69, 9.17) is 32.3 Å². The van der Waals surface area contributed by atoms with Gasteiger partial charge in [-0.1, -0.05) is 281 Å². The maximum Gasteiger partial charge on any atom is 0.472 e. The molecule has 18 heteroatoms. The standard InChI is InChI=1S/C81H132O16P2/c1-4-7-10-13-16-19-22-25-28-31-33-34-35-36-37-38-39-40-42-45-46-49-52-55-58-61-64-67-79(84)91-70-76(82)71-93-98(87,88)94-72-77(83)73-95-99(89,90)96-75-78(97-81(86)69-66-63-60-57-54-51-48-43-30-27-24-21-18-15-12-9-6-3)74-92-80(85)68-65-62-59-56-53-50-47-44-41-32-29-26-23-20-17-14-11-8-5-2/h7-12,16-21,25-30,33-34,36-37,41,44,50,53,59,62,76-78,82-83H,4-6,13-15,22-24,31-32,35,38-40,42-43,45-49,51-52,54-58,60-61,63-75H2,1-3H3,(H,87,88)(H,89,90)/b10-7-,11-8-,12-9-,19-16-,20-17-,21-18-,28-25-,29-26-,30-27-,34-33-,37-36-,44-41-,53-50-,62-59-. The van der Waals surface area contributed by atoms with Crippen molar-refractivity contribution in [1.82, 2.24) is 0 Å². The van der Waals surface area contributed by atoms with Crippen molar-refractivity contribution in [2.75, 3.05) is 39.6 Å². The number of carbonyl (C=O) groups is 3. The van der Waals surface area contributed by atoms with Crippen LogP contribution >= 0.6 is 15.6 Å². The van der Waals surface area contributed by atoms with E-state index in [2.05, 4.69) is 173 Å². The molecule has 4 N–H and O–H groups in total. The summed E-state index contributed by atoms with van der Waals surface area (Å²) >= 11 is 0. The van der Waals surface area contributed by atoms with Crippen LogP contribution in [0.3, 0.4) is 0 Å². The lowest BCUT2D eigenvalue weighted by Gasteiger charge is -2.21. The van der Waals surface area contributed by atoms with E-state index in [0.717, 1.165) is 161 Å². The van der Waals surface area contributed by atoms with Crippen molar-refractivity contribution in [2.24, 2.45) is 0 Å². The van der Waals surface area contributed by atoms with Gasteiger partial charge in [0.25, 0.3) is 0 Å². The van der Waals surface area contributed by atoms with Crippen molar-refractivity contribution in [3.63, 3.8) is 0 Å². The predicted octanol–water partition coefficient (Wildman–Crippen LogP) is 21.6. The fourth-order valence-electron chi connectivity index (χ4n) is 9.34. The molecule has 0 aromatic carbocycles. The molecule has 0 radical (unpaired) electrons. The normalized spacial score (nSPS) is 15.0. The van der Waals surface area contributed by atoms with E-state index in [1.807, 2.05) is 18.2 Å². The van der Waals surface area contributed by atoms with Gasteiger partial charge in [0, 0.05) is 19.3 Å². The minimum absolute atomic E-state index is 0.0371. The van der Waals surface area contributed by atoms with E-state index < -0.39 is 91.5 Å². The van der Waals surface area contributed by atoms with Gasteiger partial charge in [-0.2, -0.15) is 0 Å². The molecule has 0 aromatic heterocycles. The molecular formula is C81H132O16P2. The molecule has 0 aliphatic rings. The van der Waals surface area contributed by atoms with Crippen molar-refractivity contribution in [1.29, 1.82) is 0 Å². The molecule has 16 nitrogen and oxygen atoms in total. The van der Waals surface area contributed by atoms with Crippen LogP contribution in [0.1, 0.15) is 265 Å². The van der Waals surface area contributed by atoms with E-state index in [-0.39, 0.29) is 19.3 Å². The summed E-state index contributed by atoms with van der Waals surface area (Å²) < 4.78 is 61.0. The summed E-state index contributed by atoms with van der Waals surface area (Å²) in [4.78, 5) is 58.5. The smallest absolute Gasteiger partial charge is 0.463 e. The number of hydrogen-bond acceptors (Lipinski definition) is 14. The topological polar surface area (TPSA) is 231 Å². The van der Waals surface area contributed by atoms with Gasteiger partial charge in [0.15, 0.2) is 6.10 Å². The minimum Gasteiger partial charge on any atom is -0.463 e. The number of hydrogen-bond donors (Lipinski definition) is 4. The molecule has 0 fully saturated rings. The Morgan fingerprint density at radius 1 is 0.283 bits per heavy atom. The zero-order valence-electron chi connectivity index (χ0n) is 61.1. The van der Waals surface area contributed by atoms with Gasteiger partial charge in [-0.05, 0) is 135 Å². The quantitative estimate of drug-likeness (QED) is 0.0146. The van der Waals surface area contributed by atoms with Gasteiger partial charge in [-0.3, -0.25) is 32.5 Å². The molecule has 0 aliphatic heterocycles. The van der Waals surface area contributed by atoms with Crippen molar-refractivity contribution in [2.45, 2.75) is 283 Å². The van der Waals surface area contributed by atoms with Gasteiger partial charge in [0.1, 0.15) is 25.4 Å². The Hall–Kier alpha value is -5.09. The molecule has 5 unspecified atom stereocenters. The number of ether oxygens (including phenoxy) is 3. The molecule has 99 heavy (non-hydrogen) atoms. The van der Waals surface area contributed by atoms with Crippen LogP contribution in [-0.2, 0) is 55.8 Å². The number of allylic oxidation sites excluding steroid dienone is 28. The molecule has 0 aliphatic carbocycles. The summed E-state index contributed by atoms with van der Waals surface area (Å²) in [5.74, 6) is -1.70. The zero-order chi connectivity index (χ0) is 72.3. The van der Waals surface area contributed by atoms with Gasteiger partial charge in [-0.25, -0.2) is 9.13 Å². The fraction of sp³-hybridized carbons (Fsp3) is 0.617. The summed E-state index contributed by atoms with van der Waals surface area (Å²) in [5.41, 5.74) is 0. The second kappa shape index (κ2) is 72.7. The van der Waals surface area contributed by atoms with Crippen LogP contribution in [0.25, 0.3) is 0 Å². The Labute approximate surface area is 599 Å². The number of esters is 3. The van der Waals surface area contributed by atoms with Crippen LogP contribution in [0.4, 0.5) is 0 Å². The van der Waals surface area contributed by atoms with Crippen LogP contribution in [-0.4, -0.2) is 95.9 Å². The van der Waals surface area contributed by atoms with Gasteiger partial charge >= 0.3 is 33.6 Å². The Bertz CT molecular complexity index is 2480. The number of aliphatic hydroxyl groups is 2. The Balaban J connectivity index is 4.66. The number of aliphatic hydroxyl groups excluding tert-OH is 2. The maximum absolute atomic E-state index is 13.0. The number of carbonyl (C=O) groups excluding carboxylic acids is 3. The molecule has 0 saturated carbocycles. The predicted molar refractivity (Wildman–Crippen MR) is 408 cm³/mol. The minimum atomic E-state index is -4.95. The molecule has 0 bridgehead atoms. The van der Waals surface area contributed by atoms with E-state index in [1.54, 1.807) is 0 Å². The summed E-state index contributed by atoms with van der Waals surface area (Å²) in [5, 5.41) is 20.6. The molecule has 562 valence electrons. The summed E-state index contributed by atoms with van der Waals surface area (Å²) in [7, 11) is -9.82. The van der Waals surface area contributed by atoms with E-state index >= 15 is 0 Å². The van der Waals surface area contributed by atoms with Gasteiger partial charge in [0.05, 0.1) is 26.4 Å². The average Bonchev–Trinajstić information content (AvgIpc) is 3.78. The first-order valence-corrected chi connectivity index (χ1v) is 40.4. The molecule has 0 spiro atoms. The molecule has 0 heterocycles. The first-order valence-electron chi connectivity index (χ1n) is 37.4. The van der Waals surface area contributed by atoms with Crippen LogP contribution in [0, 0.1) is 0 Å². The van der Waals surface area contributed by atoms with E-state index in [1.165, 1.54) is 38.5 Å². The molecule has 0 amide bonds. The van der Waals surface area contributed by atoms with E-state index in [9.17, 15) is 43.5 Å². The van der Waals surface area contributed by atoms with Crippen molar-refractivity contribution >= 4 is 33.6 Å². The lowest BCUT2D eigenvalue weighted by molar-refractivity contribution is -0.161. The highest BCUT2D eigenvalue weighted by molar-refractivity contribution is 7.47. The molecule has 0 rings (SSSR count). The first-order chi connectivity index (χ1) is 48.2. The van der Waals surface area contributed by atoms with Crippen molar-refractivity contribution in [3.8, 4) is 0 Å². The summed E-state index contributed by atoms with van der Waals surface area (Å²) in [6.45, 7) is 2.22. The Kier molecular flexibility index (Phi) is 69.0. The van der Waals surface area contributed by atoms with Crippen LogP contribution in [0.5, 0.6) is 0 Å². The second-order valence-electron chi connectivity index (χ2n) is 24.3. The second-order valence-corrected chi connectivity index (χ2v) is 27.2. The Morgan fingerprint density at radius 3 is 0.859 bits per heavy atom. The van der Waals surface area contributed by atoms with Gasteiger partial charge in [0.2, 0.25) is 0 Å². The van der Waals surface area contributed by atoms with Crippen LogP contribution in [0.15, 0.2) is 170 Å². The number of rotatable bonds is 69. The summed E-state index contributed by atoms with van der Waals surface area (Å²) in [6, 6.07) is 0. The van der Waals surface area contributed by atoms with Crippen LogP contribution < -0.4 is 0 Å². The van der Waals surface area contributed by atoms with E-state index in [0.29, 0.717) is 25.7 Å². The Morgan fingerprint density at radius 2 is 0.525 bits per heavy atom. The lowest BCUT2D eigenvalue weighted by atomic mass is 10.0. The van der Waals surface area contributed by atoms with Crippen LogP contribution in [0.2, 0.25) is 0 Å². The molecule has 0 aromatic rings. The highest BCUT2D eigenvalue weighted by Crippen LogP contribution is 2.45. The van der Waals surface area contributed by atoms with Crippen molar-refractivity contribution < 1.29 is 75.8 Å². The average molecular weight is 1420 g/mol. The van der Waals surface area contributed by atoms with Gasteiger partial charge < -0.3 is 34.2 Å². The lowest BCUT2D eigenvalue weighted by Crippen LogP contribution is -2.30. The number of phosphoric acid groups is 2. The third kappa shape index (κ3) is 73.9. The molecule has 0 saturated heterocycles. The largest absolute Gasteiger partial charge is 0.472 e. The SMILES string of the molecule is CC/C=C\C/C=C\C/C=C\C/C=C\C/C=C\C/C=C\CCC(=O)OCC(COP(=O)(O)OCC(O)COP(=O)(O)OCC(O)COC(=O)CCCCCCCCCCCCC/C=C\C/C=C\C/C=C\C/C=C\C/C=C\CC)OC(=O)CCCCCCCCC/C=C\C/C=C\C/C=C\CC. The first kappa shape index (κ1) is 93.9. The number of unbranched alkanes of at least 4 members (excludes halogenated alkanes) is 18. The van der Waals surface area contributed by atoms with Gasteiger partial charge in [-0.15, -0.1) is 0 Å². The third-order valence-electron chi connectivity index (χ3n) is 14.9. The fourth-order valence-corrected chi connectivity index (χ4v) is 10.9. The highest BCUT2D eigenvalue weighted by atomic mass is 31.2. The third-order valence-corrected chi connectivity index (χ3v) is 16.8. The van der Waals surface area contributed by atoms with Crippen molar-refractivity contribution in [3.05, 3.63) is 170 Å². The highest BCUT2D eigenvalue weighted by Gasteiger charge is 2.29. The summed E-state index contributed by atoms with van der Waals surface area (Å²) in [6.07, 6.45) is 91.3. The maximum atomic E-state index is 13.0. The monoisotopic (exact) mass is 1420 g/mol. The zero-order valence-corrected chi connectivity index (χ0v) is 62.9. The molecular weight excluding hydrogens is 1290 g/mol. The number of phosphoric ester groups is 2. The molecule has 5 atom stereocenters.